The number of carbonyl (C=O) groups is 1. The number of hydrogen-bond donors (Lipinski definition) is 4. The molecule has 0 aliphatic carbocycles. The molecule has 204 valence electrons. The second kappa shape index (κ2) is 10.6. The van der Waals surface area contributed by atoms with Crippen LogP contribution in [0.25, 0.3) is 11.0 Å². The summed E-state index contributed by atoms with van der Waals surface area (Å²) in [4.78, 5) is 31.7. The normalized spacial score (nSPS) is 26.0. The minimum atomic E-state index is -2.12. The second-order valence-corrected chi connectivity index (χ2v) is 9.69. The highest BCUT2D eigenvalue weighted by Gasteiger charge is 2.60. The molecule has 2 aliphatic heterocycles. The van der Waals surface area contributed by atoms with E-state index >= 15 is 0 Å². The Bertz CT molecular complexity index is 1130. The molecule has 15 heteroatoms. The van der Waals surface area contributed by atoms with E-state index in [1.165, 1.54) is 0 Å². The number of nitrogens with one attached hydrogen (secondary N) is 2. The molecule has 2 saturated heterocycles. The van der Waals surface area contributed by atoms with Crippen LogP contribution < -0.4 is 15.4 Å². The predicted molar refractivity (Wildman–Crippen MR) is 125 cm³/mol. The summed E-state index contributed by atoms with van der Waals surface area (Å²) < 4.78 is 23.4. The van der Waals surface area contributed by atoms with Crippen molar-refractivity contribution in [2.45, 2.75) is 49.6 Å². The summed E-state index contributed by atoms with van der Waals surface area (Å²) in [7, 11) is 1.86. The number of para-hydroxylation sites is 1. The van der Waals surface area contributed by atoms with Crippen LogP contribution in [0.2, 0.25) is 0 Å². The van der Waals surface area contributed by atoms with E-state index in [9.17, 15) is 25.1 Å². The monoisotopic (exact) mass is 525 g/mol. The first-order valence-electron chi connectivity index (χ1n) is 11.7. The fourth-order valence-electron chi connectivity index (χ4n) is 4.23. The molecule has 1 aromatic heterocycles. The summed E-state index contributed by atoms with van der Waals surface area (Å²) in [6, 6.07) is 5.51. The minimum Gasteiger partial charge on any atom is -0.489 e. The number of hydrogen-bond acceptors (Lipinski definition) is 12. The van der Waals surface area contributed by atoms with Gasteiger partial charge in [0.15, 0.2) is 12.2 Å². The van der Waals surface area contributed by atoms with Crippen LogP contribution in [0.5, 0.6) is 5.75 Å². The van der Waals surface area contributed by atoms with E-state index < -0.39 is 53.5 Å². The number of aromatic nitrogens is 2. The molecular weight excluding hydrogens is 494 g/mol. The topological polar surface area (TPSA) is 189 Å². The van der Waals surface area contributed by atoms with Crippen LogP contribution in [0.3, 0.4) is 0 Å². The quantitative estimate of drug-likeness (QED) is 0.167. The molecule has 0 bridgehead atoms. The lowest BCUT2D eigenvalue weighted by atomic mass is 10.1. The van der Waals surface area contributed by atoms with Gasteiger partial charge in [0.2, 0.25) is 0 Å². The van der Waals surface area contributed by atoms with Crippen molar-refractivity contribution >= 4 is 17.1 Å². The van der Waals surface area contributed by atoms with E-state index in [2.05, 4.69) is 20.5 Å². The number of nitrogens with zero attached hydrogens (tertiary/aromatic N) is 3. The van der Waals surface area contributed by atoms with Gasteiger partial charge in [0.1, 0.15) is 36.7 Å². The van der Waals surface area contributed by atoms with Gasteiger partial charge in [-0.25, -0.2) is 9.78 Å². The van der Waals surface area contributed by atoms with Crippen molar-refractivity contribution in [3.8, 4) is 5.75 Å². The number of rotatable bonds is 11. The van der Waals surface area contributed by atoms with Crippen molar-refractivity contribution in [2.24, 2.45) is 7.05 Å². The smallest absolute Gasteiger partial charge is 0.409 e. The van der Waals surface area contributed by atoms with E-state index in [1.54, 1.807) is 26.2 Å². The Kier molecular flexibility index (Phi) is 7.70. The summed E-state index contributed by atoms with van der Waals surface area (Å²) in [6.45, 7) is 3.31. The van der Waals surface area contributed by atoms with Gasteiger partial charge >= 0.3 is 6.09 Å². The molecule has 2 fully saturated rings. The highest BCUT2D eigenvalue weighted by molar-refractivity contribution is 5.81. The molecule has 1 amide bonds. The average molecular weight is 526 g/mol. The lowest BCUT2D eigenvalue weighted by molar-refractivity contribution is -0.769. The van der Waals surface area contributed by atoms with E-state index in [0.717, 1.165) is 11.0 Å². The van der Waals surface area contributed by atoms with Gasteiger partial charge < -0.3 is 49.2 Å². The number of aryl methyl sites for hydroxylation is 1. The standard InChI is InChI=1S/C22H31N5O10/c1-21(2,25-7-13(28)8-33-15-6-4-5-14-17(15)26(3)12-24-14)10-23-20(29)36-22(30)11-35-18-16(37-27(31)32)9-34-19(18)22/h4-6,12-13,16,18-19,25,28,30H,7-11H2,1-3H3,(H,23,29)/t13?,16-,18-,19+,22+/m1/s1. The van der Waals surface area contributed by atoms with E-state index in [-0.39, 0.29) is 26.3 Å². The first-order valence-corrected chi connectivity index (χ1v) is 11.7. The van der Waals surface area contributed by atoms with Crippen molar-refractivity contribution in [1.82, 2.24) is 20.2 Å². The first kappa shape index (κ1) is 26.8. The Morgan fingerprint density at radius 3 is 2.97 bits per heavy atom. The largest absolute Gasteiger partial charge is 0.489 e. The van der Waals surface area contributed by atoms with Crippen LogP contribution in [-0.2, 0) is 26.1 Å². The number of alkyl carbamates (subject to hydrolysis) is 1. The van der Waals surface area contributed by atoms with Crippen molar-refractivity contribution in [3.63, 3.8) is 0 Å². The molecule has 15 nitrogen and oxygen atoms in total. The number of imidazole rings is 1. The average Bonchev–Trinajstić information content (AvgIpc) is 3.51. The zero-order valence-corrected chi connectivity index (χ0v) is 20.7. The van der Waals surface area contributed by atoms with Gasteiger partial charge in [-0.2, -0.15) is 0 Å². The number of aliphatic hydroxyl groups excluding tert-OH is 1. The van der Waals surface area contributed by atoms with Gasteiger partial charge in [-0.3, -0.25) is 0 Å². The summed E-state index contributed by atoms with van der Waals surface area (Å²) >= 11 is 0. The molecule has 4 N–H and O–H groups in total. The van der Waals surface area contributed by atoms with Crippen molar-refractivity contribution in [3.05, 3.63) is 34.6 Å². The third-order valence-electron chi connectivity index (χ3n) is 6.15. The number of fused-ring (bicyclic) bond motifs is 2. The SMILES string of the molecule is Cn1cnc2cccc(OCC(O)CNC(C)(C)CNC(=O)O[C@@]3(O)CO[C@@H]4[C@H](O[N+](=O)[O-])CO[C@@H]43)c21. The Hall–Kier alpha value is -3.24. The van der Waals surface area contributed by atoms with Crippen LogP contribution in [0.15, 0.2) is 24.5 Å². The molecule has 0 saturated carbocycles. The Morgan fingerprint density at radius 1 is 1.43 bits per heavy atom. The second-order valence-electron chi connectivity index (χ2n) is 9.69. The number of amides is 1. The molecule has 1 unspecified atom stereocenters. The highest BCUT2D eigenvalue weighted by atomic mass is 17.0. The molecular formula is C22H31N5O10. The Balaban J connectivity index is 1.20. The fraction of sp³-hybridized carbons (Fsp3) is 0.636. The molecule has 4 rings (SSSR count). The highest BCUT2D eigenvalue weighted by Crippen LogP contribution is 2.36. The number of carbonyl (C=O) groups excluding carboxylic acids is 1. The van der Waals surface area contributed by atoms with Gasteiger partial charge in [0, 0.05) is 25.7 Å². The first-order chi connectivity index (χ1) is 17.5. The molecule has 3 heterocycles. The summed E-state index contributed by atoms with van der Waals surface area (Å²) in [5.41, 5.74) is 0.962. The van der Waals surface area contributed by atoms with E-state index in [0.29, 0.717) is 5.75 Å². The van der Waals surface area contributed by atoms with Gasteiger partial charge in [0.25, 0.3) is 10.9 Å². The molecule has 2 aliphatic rings. The van der Waals surface area contributed by atoms with Crippen LogP contribution in [0, 0.1) is 10.1 Å². The molecule has 1 aromatic carbocycles. The Labute approximate surface area is 211 Å². The van der Waals surface area contributed by atoms with Crippen LogP contribution in [0.4, 0.5) is 4.79 Å². The number of ether oxygens (including phenoxy) is 4. The minimum absolute atomic E-state index is 0.0413. The van der Waals surface area contributed by atoms with Crippen LogP contribution >= 0.6 is 0 Å². The zero-order chi connectivity index (χ0) is 26.8. The van der Waals surface area contributed by atoms with Gasteiger partial charge in [-0.15, -0.1) is 10.1 Å². The maximum absolute atomic E-state index is 12.4. The maximum atomic E-state index is 12.4. The van der Waals surface area contributed by atoms with Crippen molar-refractivity contribution < 1.29 is 43.9 Å². The molecule has 2 aromatic rings. The number of β-amino-alcohol motifs (C(OH)–C–C–N with tert-alkyl or cyclic N) is 1. The summed E-state index contributed by atoms with van der Waals surface area (Å²) in [6.07, 6.45) is -3.18. The van der Waals surface area contributed by atoms with Gasteiger partial charge in [-0.1, -0.05) is 6.07 Å². The molecule has 0 spiro atoms. The maximum Gasteiger partial charge on any atom is 0.409 e. The van der Waals surface area contributed by atoms with Crippen LogP contribution in [-0.4, -0.2) is 99.6 Å². The molecule has 0 radical (unpaired) electrons. The predicted octanol–water partition coefficient (Wildman–Crippen LogP) is -0.529. The fourth-order valence-corrected chi connectivity index (χ4v) is 4.23. The number of benzene rings is 1. The van der Waals surface area contributed by atoms with Crippen LogP contribution in [0.1, 0.15) is 13.8 Å². The lowest BCUT2D eigenvalue weighted by Gasteiger charge is -2.30. The zero-order valence-electron chi connectivity index (χ0n) is 20.7. The third-order valence-corrected chi connectivity index (χ3v) is 6.15. The van der Waals surface area contributed by atoms with Gasteiger partial charge in [-0.05, 0) is 26.0 Å². The molecule has 37 heavy (non-hydrogen) atoms. The third kappa shape index (κ3) is 6.19. The summed E-state index contributed by atoms with van der Waals surface area (Å²) in [5.74, 6) is -1.51. The lowest BCUT2D eigenvalue weighted by Crippen LogP contribution is -2.54. The van der Waals surface area contributed by atoms with E-state index in [1.807, 2.05) is 23.7 Å². The summed E-state index contributed by atoms with van der Waals surface area (Å²) in [5, 5.41) is 36.4. The molecule has 5 atom stereocenters. The van der Waals surface area contributed by atoms with Gasteiger partial charge in [0.05, 0.1) is 18.5 Å². The number of aliphatic hydroxyl groups is 2. The van der Waals surface area contributed by atoms with Crippen molar-refractivity contribution in [1.29, 1.82) is 0 Å². The van der Waals surface area contributed by atoms with Crippen molar-refractivity contribution in [2.75, 3.05) is 32.9 Å². The Morgan fingerprint density at radius 2 is 2.22 bits per heavy atom. The van der Waals surface area contributed by atoms with E-state index in [4.69, 9.17) is 18.9 Å².